The van der Waals surface area contributed by atoms with Crippen LogP contribution in [0, 0.1) is 11.3 Å². The number of primary amides is 1. The molecular weight excluding hydrogens is 280 g/mol. The van der Waals surface area contributed by atoms with Crippen molar-refractivity contribution in [1.82, 2.24) is 0 Å². The molecule has 1 aromatic carbocycles. The molecule has 4 rings (SSSR count). The van der Waals surface area contributed by atoms with Crippen molar-refractivity contribution >= 4 is 11.6 Å². The van der Waals surface area contributed by atoms with Crippen molar-refractivity contribution in [1.29, 1.82) is 0 Å². The zero-order chi connectivity index (χ0) is 15.3. The third-order valence-electron chi connectivity index (χ3n) is 5.83. The second kappa shape index (κ2) is 4.88. The van der Waals surface area contributed by atoms with Crippen LogP contribution in [-0.4, -0.2) is 31.8 Å². The molecule has 5 nitrogen and oxygen atoms in total. The van der Waals surface area contributed by atoms with Gasteiger partial charge in [-0.15, -0.1) is 0 Å². The van der Waals surface area contributed by atoms with Crippen LogP contribution in [0.1, 0.15) is 36.0 Å². The van der Waals surface area contributed by atoms with Gasteiger partial charge in [-0.3, -0.25) is 4.79 Å². The predicted molar refractivity (Wildman–Crippen MR) is 83.1 cm³/mol. The third kappa shape index (κ3) is 1.78. The Morgan fingerprint density at radius 1 is 1.45 bits per heavy atom. The van der Waals surface area contributed by atoms with E-state index in [0.717, 1.165) is 24.5 Å². The van der Waals surface area contributed by atoms with E-state index in [9.17, 15) is 4.79 Å². The Bertz CT molecular complexity index is 612. The highest BCUT2D eigenvalue weighted by Crippen LogP contribution is 2.63. The minimum absolute atomic E-state index is 0.287. The van der Waals surface area contributed by atoms with Gasteiger partial charge >= 0.3 is 0 Å². The van der Waals surface area contributed by atoms with E-state index in [-0.39, 0.29) is 5.41 Å². The summed E-state index contributed by atoms with van der Waals surface area (Å²) in [4.78, 5) is 11.4. The van der Waals surface area contributed by atoms with E-state index in [4.69, 9.17) is 15.2 Å². The van der Waals surface area contributed by atoms with Crippen molar-refractivity contribution < 1.29 is 14.3 Å². The first-order chi connectivity index (χ1) is 10.7. The molecule has 1 heterocycles. The van der Waals surface area contributed by atoms with E-state index in [2.05, 4.69) is 5.32 Å². The van der Waals surface area contributed by atoms with Gasteiger partial charge in [0.1, 0.15) is 5.75 Å². The molecular formula is C17H22N2O3. The van der Waals surface area contributed by atoms with E-state index in [1.165, 1.54) is 19.3 Å². The molecule has 2 saturated carbocycles. The summed E-state index contributed by atoms with van der Waals surface area (Å²) < 4.78 is 11.4. The van der Waals surface area contributed by atoms with E-state index in [1.807, 2.05) is 0 Å². The van der Waals surface area contributed by atoms with E-state index >= 15 is 0 Å². The Hall–Kier alpha value is -1.75. The fourth-order valence-corrected chi connectivity index (χ4v) is 4.60. The monoisotopic (exact) mass is 302 g/mol. The molecule has 1 spiro atoms. The van der Waals surface area contributed by atoms with Crippen molar-refractivity contribution in [2.24, 2.45) is 17.1 Å². The van der Waals surface area contributed by atoms with E-state index in [1.54, 1.807) is 25.3 Å². The second-order valence-electron chi connectivity index (χ2n) is 6.73. The molecule has 22 heavy (non-hydrogen) atoms. The van der Waals surface area contributed by atoms with Gasteiger partial charge < -0.3 is 20.5 Å². The van der Waals surface area contributed by atoms with Crippen molar-refractivity contribution in [3.05, 3.63) is 23.8 Å². The Balaban J connectivity index is 1.62. The highest BCUT2D eigenvalue weighted by molar-refractivity contribution is 5.94. The lowest BCUT2D eigenvalue weighted by molar-refractivity contribution is -0.158. The summed E-state index contributed by atoms with van der Waals surface area (Å²) in [7, 11) is 1.64. The lowest BCUT2D eigenvalue weighted by Crippen LogP contribution is -2.68. The van der Waals surface area contributed by atoms with Crippen LogP contribution in [0.25, 0.3) is 0 Å². The molecule has 0 unspecified atom stereocenters. The molecule has 118 valence electrons. The second-order valence-corrected chi connectivity index (χ2v) is 6.73. The van der Waals surface area contributed by atoms with Gasteiger partial charge in [0.15, 0.2) is 0 Å². The number of benzene rings is 1. The Morgan fingerprint density at radius 2 is 2.27 bits per heavy atom. The van der Waals surface area contributed by atoms with Crippen LogP contribution in [0.3, 0.4) is 0 Å². The third-order valence-corrected chi connectivity index (χ3v) is 5.83. The zero-order valence-electron chi connectivity index (χ0n) is 12.8. The summed E-state index contributed by atoms with van der Waals surface area (Å²) in [5, 5.41) is 3.64. The number of nitrogens with two attached hydrogens (primary N) is 1. The maximum Gasteiger partial charge on any atom is 0.248 e. The van der Waals surface area contributed by atoms with Crippen molar-refractivity contribution in [2.45, 2.75) is 37.8 Å². The fourth-order valence-electron chi connectivity index (χ4n) is 4.60. The zero-order valence-corrected chi connectivity index (χ0v) is 12.8. The standard InChI is InChI=1S/C17H22N2O3/c1-21-13-4-3-10(16(18)20)9-12(13)19-14-11-5-8-22-15(11)17(14)6-2-7-17/h3-4,9,11,14-15,19H,2,5-8H2,1H3,(H2,18,20)/t11-,14-,15-/m1/s1. The number of carbonyl (C=O) groups excluding carboxylic acids is 1. The largest absolute Gasteiger partial charge is 0.495 e. The molecule has 3 fully saturated rings. The number of ether oxygens (including phenoxy) is 2. The van der Waals surface area contributed by atoms with Crippen molar-refractivity contribution in [2.75, 3.05) is 19.0 Å². The topological polar surface area (TPSA) is 73.6 Å². The first kappa shape index (κ1) is 13.9. The van der Waals surface area contributed by atoms with Gasteiger partial charge in [0.05, 0.1) is 18.9 Å². The molecule has 5 heteroatoms. The summed E-state index contributed by atoms with van der Waals surface area (Å²) in [6.45, 7) is 0.869. The molecule has 2 aliphatic carbocycles. The van der Waals surface area contributed by atoms with Crippen LogP contribution >= 0.6 is 0 Å². The molecule has 0 bridgehead atoms. The maximum absolute atomic E-state index is 11.4. The molecule has 3 N–H and O–H groups in total. The molecule has 1 saturated heterocycles. The Morgan fingerprint density at radius 3 is 2.91 bits per heavy atom. The molecule has 1 aromatic rings. The van der Waals surface area contributed by atoms with Crippen molar-refractivity contribution in [3.63, 3.8) is 0 Å². The summed E-state index contributed by atoms with van der Waals surface area (Å²) in [6.07, 6.45) is 5.27. The van der Waals surface area contributed by atoms with Crippen LogP contribution in [0.2, 0.25) is 0 Å². The first-order valence-electron chi connectivity index (χ1n) is 8.02. The fraction of sp³-hybridized carbons (Fsp3) is 0.588. The quantitative estimate of drug-likeness (QED) is 0.894. The number of hydrogen-bond acceptors (Lipinski definition) is 4. The maximum atomic E-state index is 11.4. The predicted octanol–water partition coefficient (Wildman–Crippen LogP) is 2.16. The molecule has 0 aromatic heterocycles. The minimum Gasteiger partial charge on any atom is -0.495 e. The SMILES string of the molecule is COc1ccc(C(N)=O)cc1N[C@@H]1[C@H]2CCO[C@H]2C12CCC2. The van der Waals surface area contributed by atoms with Gasteiger partial charge in [0.25, 0.3) is 0 Å². The smallest absolute Gasteiger partial charge is 0.248 e. The number of amides is 1. The number of anilines is 1. The van der Waals surface area contributed by atoms with Crippen LogP contribution in [0.15, 0.2) is 18.2 Å². The van der Waals surface area contributed by atoms with Crippen LogP contribution in [-0.2, 0) is 4.74 Å². The van der Waals surface area contributed by atoms with Gasteiger partial charge in [-0.1, -0.05) is 6.42 Å². The molecule has 1 amide bonds. The minimum atomic E-state index is -0.417. The normalized spacial score (nSPS) is 31.0. The van der Waals surface area contributed by atoms with E-state index < -0.39 is 5.91 Å². The molecule has 3 atom stereocenters. The number of nitrogens with one attached hydrogen (secondary N) is 1. The van der Waals surface area contributed by atoms with Crippen molar-refractivity contribution in [3.8, 4) is 5.75 Å². The summed E-state index contributed by atoms with van der Waals surface area (Å²) in [5.41, 5.74) is 7.05. The van der Waals surface area contributed by atoms with Gasteiger partial charge in [0.2, 0.25) is 5.91 Å². The average molecular weight is 302 g/mol. The first-order valence-corrected chi connectivity index (χ1v) is 8.02. The molecule has 1 aliphatic heterocycles. The number of methoxy groups -OCH3 is 1. The number of hydrogen-bond donors (Lipinski definition) is 2. The molecule has 3 aliphatic rings. The number of fused-ring (bicyclic) bond motifs is 2. The average Bonchev–Trinajstić information content (AvgIpc) is 2.88. The highest BCUT2D eigenvalue weighted by Gasteiger charge is 2.66. The lowest BCUT2D eigenvalue weighted by atomic mass is 9.46. The number of rotatable bonds is 4. The molecule has 0 radical (unpaired) electrons. The summed E-state index contributed by atoms with van der Waals surface area (Å²) >= 11 is 0. The lowest BCUT2D eigenvalue weighted by Gasteiger charge is -2.63. The Labute approximate surface area is 130 Å². The van der Waals surface area contributed by atoms with Crippen LogP contribution in [0.5, 0.6) is 5.75 Å². The van der Waals surface area contributed by atoms with Gasteiger partial charge in [-0.05, 0) is 37.5 Å². The summed E-state index contributed by atoms with van der Waals surface area (Å²) in [6, 6.07) is 5.72. The summed E-state index contributed by atoms with van der Waals surface area (Å²) in [5.74, 6) is 0.906. The highest BCUT2D eigenvalue weighted by atomic mass is 16.5. The number of carbonyl (C=O) groups is 1. The van der Waals surface area contributed by atoms with Gasteiger partial charge in [-0.2, -0.15) is 0 Å². The van der Waals surface area contributed by atoms with Crippen LogP contribution < -0.4 is 15.8 Å². The van der Waals surface area contributed by atoms with Gasteiger partial charge in [0, 0.05) is 29.5 Å². The Kier molecular flexibility index (Phi) is 3.08. The van der Waals surface area contributed by atoms with E-state index in [0.29, 0.717) is 23.6 Å². The van der Waals surface area contributed by atoms with Crippen LogP contribution in [0.4, 0.5) is 5.69 Å². The van der Waals surface area contributed by atoms with Gasteiger partial charge in [-0.25, -0.2) is 0 Å².